The van der Waals surface area contributed by atoms with Gasteiger partial charge >= 0.3 is 0 Å². The first-order valence-corrected chi connectivity index (χ1v) is 7.21. The topological polar surface area (TPSA) is 59.9 Å². The van der Waals surface area contributed by atoms with Crippen molar-refractivity contribution in [3.63, 3.8) is 0 Å². The van der Waals surface area contributed by atoms with Gasteiger partial charge in [-0.25, -0.2) is 0 Å². The summed E-state index contributed by atoms with van der Waals surface area (Å²) in [6, 6.07) is 14.4. The highest BCUT2D eigenvalue weighted by atomic mass is 16.1. The third-order valence-corrected chi connectivity index (χ3v) is 4.16. The number of H-pyrrole nitrogens is 1. The molecule has 0 saturated carbocycles. The fraction of sp³-hybridized carbons (Fsp3) is 0.294. The Kier molecular flexibility index (Phi) is 3.74. The van der Waals surface area contributed by atoms with Gasteiger partial charge in [-0.1, -0.05) is 30.3 Å². The third-order valence-electron chi connectivity index (χ3n) is 4.16. The number of rotatable bonds is 2. The number of aromatic amines is 1. The summed E-state index contributed by atoms with van der Waals surface area (Å²) >= 11 is 0. The summed E-state index contributed by atoms with van der Waals surface area (Å²) in [6.45, 7) is 1.75. The van der Waals surface area contributed by atoms with E-state index in [2.05, 4.69) is 34.1 Å². The van der Waals surface area contributed by atoms with Gasteiger partial charge in [-0.2, -0.15) is 5.26 Å². The number of piperidine rings is 1. The van der Waals surface area contributed by atoms with Crippen LogP contribution in [-0.4, -0.2) is 18.1 Å². The Balaban J connectivity index is 1.77. The summed E-state index contributed by atoms with van der Waals surface area (Å²) in [7, 11) is 0. The molecule has 1 aromatic heterocycles. The van der Waals surface area contributed by atoms with Crippen molar-refractivity contribution in [3.05, 3.63) is 64.1 Å². The molecule has 1 aliphatic rings. The maximum Gasteiger partial charge on any atom is 0.267 e. The van der Waals surface area contributed by atoms with Crippen LogP contribution in [0, 0.1) is 11.3 Å². The van der Waals surface area contributed by atoms with Crippen LogP contribution in [-0.2, 0) is 0 Å². The second kappa shape index (κ2) is 5.84. The normalized spacial score (nSPS) is 15.7. The van der Waals surface area contributed by atoms with Crippen molar-refractivity contribution < 1.29 is 0 Å². The highest BCUT2D eigenvalue weighted by Gasteiger charge is 2.22. The molecule has 2 heterocycles. The first-order chi connectivity index (χ1) is 10.3. The maximum absolute atomic E-state index is 11.7. The molecule has 1 aliphatic heterocycles. The fourth-order valence-electron chi connectivity index (χ4n) is 3.02. The van der Waals surface area contributed by atoms with Crippen LogP contribution >= 0.6 is 0 Å². The number of nitriles is 1. The Morgan fingerprint density at radius 1 is 1.14 bits per heavy atom. The van der Waals surface area contributed by atoms with Gasteiger partial charge < -0.3 is 9.88 Å². The van der Waals surface area contributed by atoms with E-state index in [4.69, 9.17) is 5.26 Å². The molecule has 0 atom stereocenters. The van der Waals surface area contributed by atoms with Crippen molar-refractivity contribution in [2.24, 2.45) is 0 Å². The van der Waals surface area contributed by atoms with Gasteiger partial charge in [0.05, 0.1) is 5.69 Å². The Morgan fingerprint density at radius 2 is 1.86 bits per heavy atom. The monoisotopic (exact) mass is 279 g/mol. The first kappa shape index (κ1) is 13.4. The minimum Gasteiger partial charge on any atom is -0.370 e. The van der Waals surface area contributed by atoms with E-state index >= 15 is 0 Å². The molecular weight excluding hydrogens is 262 g/mol. The smallest absolute Gasteiger partial charge is 0.267 e. The molecule has 1 N–H and O–H groups in total. The molecule has 0 radical (unpaired) electrons. The van der Waals surface area contributed by atoms with Gasteiger partial charge in [0.15, 0.2) is 0 Å². The van der Waals surface area contributed by atoms with Crippen molar-refractivity contribution in [1.29, 1.82) is 5.26 Å². The predicted octanol–water partition coefficient (Wildman–Crippen LogP) is 2.63. The van der Waals surface area contributed by atoms with Gasteiger partial charge in [0, 0.05) is 19.3 Å². The molecule has 2 aromatic rings. The van der Waals surface area contributed by atoms with Crippen molar-refractivity contribution in [1.82, 2.24) is 4.98 Å². The van der Waals surface area contributed by atoms with Crippen molar-refractivity contribution >= 4 is 5.69 Å². The third kappa shape index (κ3) is 2.68. The van der Waals surface area contributed by atoms with Crippen LogP contribution < -0.4 is 10.5 Å². The van der Waals surface area contributed by atoms with E-state index < -0.39 is 0 Å². The molecule has 21 heavy (non-hydrogen) atoms. The molecule has 0 spiro atoms. The molecule has 1 aromatic carbocycles. The quantitative estimate of drug-likeness (QED) is 0.919. The summed E-state index contributed by atoms with van der Waals surface area (Å²) < 4.78 is 0. The molecule has 0 amide bonds. The number of hydrogen-bond donors (Lipinski definition) is 1. The molecule has 1 saturated heterocycles. The zero-order chi connectivity index (χ0) is 14.7. The molecule has 0 bridgehead atoms. The Morgan fingerprint density at radius 3 is 2.52 bits per heavy atom. The van der Waals surface area contributed by atoms with Crippen molar-refractivity contribution in [2.45, 2.75) is 18.8 Å². The van der Waals surface area contributed by atoms with Crippen LogP contribution in [0.1, 0.15) is 29.9 Å². The van der Waals surface area contributed by atoms with Crippen LogP contribution in [0.2, 0.25) is 0 Å². The van der Waals surface area contributed by atoms with E-state index in [1.807, 2.05) is 18.2 Å². The standard InChI is InChI=1S/C17H17N3O/c18-12-15-16(6-9-19-17(15)21)20-10-7-14(8-11-20)13-4-2-1-3-5-13/h1-6,9,14H,7-8,10-11H2,(H,19,21). The van der Waals surface area contributed by atoms with Crippen molar-refractivity contribution in [2.75, 3.05) is 18.0 Å². The molecule has 4 heteroatoms. The Bertz CT molecular complexity index is 707. The lowest BCUT2D eigenvalue weighted by Gasteiger charge is -2.34. The number of nitrogens with one attached hydrogen (secondary N) is 1. The van der Waals surface area contributed by atoms with Crippen molar-refractivity contribution in [3.8, 4) is 6.07 Å². The van der Waals surface area contributed by atoms with Crippen LogP contribution in [0.25, 0.3) is 0 Å². The fourth-order valence-corrected chi connectivity index (χ4v) is 3.02. The molecule has 0 aliphatic carbocycles. The zero-order valence-corrected chi connectivity index (χ0v) is 11.7. The highest BCUT2D eigenvalue weighted by molar-refractivity contribution is 5.58. The minimum absolute atomic E-state index is 0.218. The number of hydrogen-bond acceptors (Lipinski definition) is 3. The molecular formula is C17H17N3O. The van der Waals surface area contributed by atoms with E-state index in [0.29, 0.717) is 5.92 Å². The van der Waals surface area contributed by atoms with Crippen LogP contribution in [0.5, 0.6) is 0 Å². The number of anilines is 1. The summed E-state index contributed by atoms with van der Waals surface area (Å²) in [5.41, 5.74) is 2.05. The lowest BCUT2D eigenvalue weighted by molar-refractivity contribution is 0.505. The van der Waals surface area contributed by atoms with Crippen LogP contribution in [0.15, 0.2) is 47.4 Å². The summed E-state index contributed by atoms with van der Waals surface area (Å²) in [6.07, 6.45) is 3.70. The van der Waals surface area contributed by atoms with E-state index in [1.165, 1.54) is 5.56 Å². The van der Waals surface area contributed by atoms with E-state index in [9.17, 15) is 4.79 Å². The SMILES string of the molecule is N#Cc1c(N2CCC(c3ccccc3)CC2)cc[nH]c1=O. The molecule has 0 unspecified atom stereocenters. The Labute approximate surface area is 123 Å². The largest absolute Gasteiger partial charge is 0.370 e. The molecule has 1 fully saturated rings. The van der Waals surface area contributed by atoms with Gasteiger partial charge in [0.2, 0.25) is 0 Å². The minimum atomic E-state index is -0.305. The predicted molar refractivity (Wildman–Crippen MR) is 82.4 cm³/mol. The van der Waals surface area contributed by atoms with Gasteiger partial charge in [0.25, 0.3) is 5.56 Å². The van der Waals surface area contributed by atoms with Gasteiger partial charge in [-0.3, -0.25) is 4.79 Å². The molecule has 106 valence electrons. The first-order valence-electron chi connectivity index (χ1n) is 7.21. The van der Waals surface area contributed by atoms with Gasteiger partial charge in [0.1, 0.15) is 11.6 Å². The maximum atomic E-state index is 11.7. The van der Waals surface area contributed by atoms with Gasteiger partial charge in [-0.15, -0.1) is 0 Å². The molecule has 3 rings (SSSR count). The number of nitrogens with zero attached hydrogens (tertiary/aromatic N) is 2. The van der Waals surface area contributed by atoms with Crippen LogP contribution in [0.4, 0.5) is 5.69 Å². The zero-order valence-electron chi connectivity index (χ0n) is 11.7. The van der Waals surface area contributed by atoms with E-state index in [-0.39, 0.29) is 11.1 Å². The average Bonchev–Trinajstić information content (AvgIpc) is 2.55. The average molecular weight is 279 g/mol. The van der Waals surface area contributed by atoms with E-state index in [0.717, 1.165) is 31.6 Å². The van der Waals surface area contributed by atoms with Gasteiger partial charge in [-0.05, 0) is 30.4 Å². The second-order valence-electron chi connectivity index (χ2n) is 5.35. The summed E-state index contributed by atoms with van der Waals surface area (Å²) in [5, 5.41) is 9.16. The summed E-state index contributed by atoms with van der Waals surface area (Å²) in [4.78, 5) is 16.4. The molecule has 4 nitrogen and oxygen atoms in total. The lowest BCUT2D eigenvalue weighted by Crippen LogP contribution is -2.34. The second-order valence-corrected chi connectivity index (χ2v) is 5.35. The Hall–Kier alpha value is -2.54. The van der Waals surface area contributed by atoms with E-state index in [1.54, 1.807) is 6.20 Å². The number of benzene rings is 1. The number of pyridine rings is 1. The highest BCUT2D eigenvalue weighted by Crippen LogP contribution is 2.30. The summed E-state index contributed by atoms with van der Waals surface area (Å²) in [5.74, 6) is 0.565. The number of aromatic nitrogens is 1. The van der Waals surface area contributed by atoms with Crippen LogP contribution in [0.3, 0.4) is 0 Å². The lowest BCUT2D eigenvalue weighted by atomic mass is 9.89.